The molecule has 0 amide bonds. The Morgan fingerprint density at radius 1 is 0.955 bits per heavy atom. The second-order valence-corrected chi connectivity index (χ2v) is 6.11. The van der Waals surface area contributed by atoms with E-state index in [9.17, 15) is 0 Å². The molecular formula is C18H22N3S+. The molecule has 0 saturated carbocycles. The summed E-state index contributed by atoms with van der Waals surface area (Å²) < 4.78 is 0. The van der Waals surface area contributed by atoms with Crippen molar-refractivity contribution in [2.24, 2.45) is 0 Å². The number of hydrogen-bond acceptors (Lipinski definition) is 1. The number of quaternary nitrogens is 1. The third-order valence-corrected chi connectivity index (χ3v) is 4.40. The van der Waals surface area contributed by atoms with Crippen molar-refractivity contribution in [3.8, 4) is 0 Å². The zero-order valence-corrected chi connectivity index (χ0v) is 13.5. The van der Waals surface area contributed by atoms with Crippen LogP contribution in [0.25, 0.3) is 0 Å². The molecule has 114 valence electrons. The summed E-state index contributed by atoms with van der Waals surface area (Å²) >= 11 is 5.46. The lowest BCUT2D eigenvalue weighted by Crippen LogP contribution is -3.16. The minimum absolute atomic E-state index is 0.882. The van der Waals surface area contributed by atoms with Gasteiger partial charge in [0.1, 0.15) is 6.54 Å². The molecule has 2 aromatic rings. The van der Waals surface area contributed by atoms with E-state index < -0.39 is 0 Å². The van der Waals surface area contributed by atoms with Gasteiger partial charge in [-0.2, -0.15) is 0 Å². The molecule has 1 aliphatic rings. The lowest BCUT2D eigenvalue weighted by Gasteiger charge is -2.35. The molecule has 2 aromatic carbocycles. The van der Waals surface area contributed by atoms with E-state index in [0.717, 1.165) is 38.0 Å². The predicted molar refractivity (Wildman–Crippen MR) is 93.4 cm³/mol. The van der Waals surface area contributed by atoms with Crippen LogP contribution in [0, 0.1) is 0 Å². The van der Waals surface area contributed by atoms with Gasteiger partial charge in [-0.15, -0.1) is 0 Å². The van der Waals surface area contributed by atoms with Crippen LogP contribution in [-0.4, -0.2) is 29.9 Å². The van der Waals surface area contributed by atoms with Crippen molar-refractivity contribution < 1.29 is 4.90 Å². The van der Waals surface area contributed by atoms with E-state index in [1.807, 2.05) is 0 Å². The third kappa shape index (κ3) is 4.06. The quantitative estimate of drug-likeness (QED) is 0.815. The van der Waals surface area contributed by atoms with Gasteiger partial charge in [0, 0.05) is 12.1 Å². The summed E-state index contributed by atoms with van der Waals surface area (Å²) in [6, 6.07) is 21.2. The number of nitrogens with one attached hydrogen (secondary N) is 2. The molecule has 1 saturated heterocycles. The fourth-order valence-corrected chi connectivity index (χ4v) is 3.03. The molecule has 0 aliphatic carbocycles. The van der Waals surface area contributed by atoms with Crippen molar-refractivity contribution in [3.63, 3.8) is 0 Å². The summed E-state index contributed by atoms with van der Waals surface area (Å²) in [4.78, 5) is 3.78. The molecule has 0 aromatic heterocycles. The normalized spacial score (nSPS) is 18.1. The van der Waals surface area contributed by atoms with Gasteiger partial charge in [0.15, 0.2) is 18.4 Å². The highest BCUT2D eigenvalue weighted by Gasteiger charge is 2.23. The molecule has 4 heteroatoms. The molecule has 0 spiro atoms. The summed E-state index contributed by atoms with van der Waals surface area (Å²) in [5, 5.41) is 4.24. The lowest BCUT2D eigenvalue weighted by atomic mass is 10.1. The van der Waals surface area contributed by atoms with E-state index in [1.54, 1.807) is 0 Å². The van der Waals surface area contributed by atoms with Gasteiger partial charge in [-0.1, -0.05) is 60.7 Å². The first kappa shape index (κ1) is 15.0. The standard InChI is InChI=1S/C18H21N3S/c22-18-19-14-20(13-17-9-5-2-6-10-17)15-21(18)12-11-16-7-3-1-4-8-16/h1-10H,11-15H2,(H,19,22)/p+1. The molecule has 1 heterocycles. The van der Waals surface area contributed by atoms with Gasteiger partial charge in [-0.3, -0.25) is 4.90 Å². The predicted octanol–water partition coefficient (Wildman–Crippen LogP) is 1.42. The van der Waals surface area contributed by atoms with E-state index in [0.29, 0.717) is 0 Å². The Hall–Kier alpha value is -1.91. The fraction of sp³-hybridized carbons (Fsp3) is 0.278. The van der Waals surface area contributed by atoms with E-state index >= 15 is 0 Å². The van der Waals surface area contributed by atoms with E-state index in [2.05, 4.69) is 70.9 Å². The van der Waals surface area contributed by atoms with Crippen LogP contribution in [0.1, 0.15) is 11.1 Å². The van der Waals surface area contributed by atoms with Crippen molar-refractivity contribution in [1.82, 2.24) is 10.2 Å². The minimum Gasteiger partial charge on any atom is -0.316 e. The fourth-order valence-electron chi connectivity index (χ4n) is 2.80. The third-order valence-electron chi connectivity index (χ3n) is 4.00. The summed E-state index contributed by atoms with van der Waals surface area (Å²) in [6.07, 6.45) is 1.03. The Morgan fingerprint density at radius 3 is 2.27 bits per heavy atom. The van der Waals surface area contributed by atoms with Gasteiger partial charge in [0.05, 0.1) is 0 Å². The Balaban J connectivity index is 1.55. The highest BCUT2D eigenvalue weighted by Crippen LogP contribution is 2.02. The van der Waals surface area contributed by atoms with Crippen molar-refractivity contribution in [2.45, 2.75) is 13.0 Å². The van der Waals surface area contributed by atoms with Crippen LogP contribution in [-0.2, 0) is 13.0 Å². The first-order valence-corrected chi connectivity index (χ1v) is 8.16. The molecule has 0 radical (unpaired) electrons. The largest absolute Gasteiger partial charge is 0.316 e. The highest BCUT2D eigenvalue weighted by molar-refractivity contribution is 7.80. The molecule has 1 aliphatic heterocycles. The van der Waals surface area contributed by atoms with Crippen LogP contribution in [0.15, 0.2) is 60.7 Å². The molecule has 1 atom stereocenters. The molecule has 3 rings (SSSR count). The molecule has 1 fully saturated rings. The highest BCUT2D eigenvalue weighted by atomic mass is 32.1. The van der Waals surface area contributed by atoms with Gasteiger partial charge in [0.25, 0.3) is 0 Å². The molecule has 1 unspecified atom stereocenters. The van der Waals surface area contributed by atoms with Crippen molar-refractivity contribution in [1.29, 1.82) is 0 Å². The van der Waals surface area contributed by atoms with Crippen LogP contribution in [0.3, 0.4) is 0 Å². The topological polar surface area (TPSA) is 19.7 Å². The molecule has 2 N–H and O–H groups in total. The molecular weight excluding hydrogens is 290 g/mol. The number of hydrogen-bond donors (Lipinski definition) is 2. The van der Waals surface area contributed by atoms with E-state index in [-0.39, 0.29) is 0 Å². The zero-order chi connectivity index (χ0) is 15.2. The smallest absolute Gasteiger partial charge is 0.177 e. The van der Waals surface area contributed by atoms with E-state index in [4.69, 9.17) is 12.2 Å². The first-order valence-electron chi connectivity index (χ1n) is 7.75. The average molecular weight is 312 g/mol. The van der Waals surface area contributed by atoms with Crippen LogP contribution >= 0.6 is 12.2 Å². The Bertz CT molecular complexity index is 600. The summed E-state index contributed by atoms with van der Waals surface area (Å²) in [7, 11) is 0. The van der Waals surface area contributed by atoms with Gasteiger partial charge in [0.2, 0.25) is 0 Å². The lowest BCUT2D eigenvalue weighted by molar-refractivity contribution is -0.927. The summed E-state index contributed by atoms with van der Waals surface area (Å²) in [5.74, 6) is 0. The van der Waals surface area contributed by atoms with Crippen molar-refractivity contribution >= 4 is 17.3 Å². The van der Waals surface area contributed by atoms with Gasteiger partial charge >= 0.3 is 0 Å². The first-order chi connectivity index (χ1) is 10.8. The van der Waals surface area contributed by atoms with Crippen LogP contribution < -0.4 is 10.2 Å². The maximum absolute atomic E-state index is 5.46. The number of thiocarbonyl (C=S) groups is 1. The maximum Gasteiger partial charge on any atom is 0.177 e. The van der Waals surface area contributed by atoms with Gasteiger partial charge in [-0.25, -0.2) is 0 Å². The van der Waals surface area contributed by atoms with Crippen LogP contribution in [0.4, 0.5) is 0 Å². The van der Waals surface area contributed by atoms with Crippen LogP contribution in [0.2, 0.25) is 0 Å². The number of nitrogens with zero attached hydrogens (tertiary/aromatic N) is 1. The van der Waals surface area contributed by atoms with Gasteiger partial charge in [-0.05, 0) is 24.2 Å². The number of benzene rings is 2. The summed E-state index contributed by atoms with van der Waals surface area (Å²) in [5.41, 5.74) is 2.73. The zero-order valence-electron chi connectivity index (χ0n) is 12.7. The van der Waals surface area contributed by atoms with E-state index in [1.165, 1.54) is 16.0 Å². The second kappa shape index (κ2) is 7.38. The Morgan fingerprint density at radius 2 is 1.59 bits per heavy atom. The minimum atomic E-state index is 0.882. The van der Waals surface area contributed by atoms with Crippen LogP contribution in [0.5, 0.6) is 0 Å². The average Bonchev–Trinajstić information content (AvgIpc) is 2.57. The van der Waals surface area contributed by atoms with Gasteiger partial charge < -0.3 is 10.2 Å². The molecule has 3 nitrogen and oxygen atoms in total. The summed E-state index contributed by atoms with van der Waals surface area (Å²) in [6.45, 7) is 3.86. The SMILES string of the molecule is S=C1NC[NH+](Cc2ccccc2)CN1CCc1ccccc1. The number of rotatable bonds is 5. The monoisotopic (exact) mass is 312 g/mol. The van der Waals surface area contributed by atoms with Crippen molar-refractivity contribution in [2.75, 3.05) is 19.9 Å². The Labute approximate surface area is 137 Å². The van der Waals surface area contributed by atoms with Crippen molar-refractivity contribution in [3.05, 3.63) is 71.8 Å². The second-order valence-electron chi connectivity index (χ2n) is 5.73. The molecule has 0 bridgehead atoms. The molecule has 22 heavy (non-hydrogen) atoms. The Kier molecular flexibility index (Phi) is 5.03. The maximum atomic E-state index is 5.46.